The quantitative estimate of drug-likeness (QED) is 0.514. The first-order valence-electron chi connectivity index (χ1n) is 6.99. The van der Waals surface area contributed by atoms with Gasteiger partial charge >= 0.3 is 6.18 Å². The van der Waals surface area contributed by atoms with Gasteiger partial charge in [0.25, 0.3) is 0 Å². The zero-order valence-electron chi connectivity index (χ0n) is 12.0. The summed E-state index contributed by atoms with van der Waals surface area (Å²) >= 11 is 0. The lowest BCUT2D eigenvalue weighted by atomic mass is 10.1. The number of nitrogens with one attached hydrogen (secondary N) is 1. The van der Waals surface area contributed by atoms with Gasteiger partial charge in [-0.1, -0.05) is 54.6 Å². The number of benzene rings is 3. The Hall–Kier alpha value is -2.82. The molecule has 3 aromatic carbocycles. The average Bonchev–Trinajstić information content (AvgIpc) is 2.55. The van der Waals surface area contributed by atoms with E-state index in [4.69, 9.17) is 0 Å². The lowest BCUT2D eigenvalue weighted by Crippen LogP contribution is -2.08. The van der Waals surface area contributed by atoms with E-state index in [9.17, 15) is 13.2 Å². The number of anilines is 1. The van der Waals surface area contributed by atoms with Crippen molar-refractivity contribution in [2.75, 3.05) is 5.43 Å². The molecule has 5 heteroatoms. The third kappa shape index (κ3) is 3.34. The van der Waals surface area contributed by atoms with Gasteiger partial charge in [-0.3, -0.25) is 5.43 Å². The molecule has 116 valence electrons. The van der Waals surface area contributed by atoms with Crippen molar-refractivity contribution in [3.63, 3.8) is 0 Å². The Balaban J connectivity index is 1.87. The fraction of sp³-hybridized carbons (Fsp3) is 0.0556. The number of para-hydroxylation sites is 1. The van der Waals surface area contributed by atoms with E-state index in [0.29, 0.717) is 0 Å². The summed E-state index contributed by atoms with van der Waals surface area (Å²) in [6.07, 6.45) is -2.89. The molecule has 23 heavy (non-hydrogen) atoms. The van der Waals surface area contributed by atoms with Gasteiger partial charge in [0.15, 0.2) is 0 Å². The van der Waals surface area contributed by atoms with E-state index in [-0.39, 0.29) is 5.69 Å². The molecule has 2 nitrogen and oxygen atoms in total. The Bertz CT molecular complexity index is 849. The van der Waals surface area contributed by atoms with Crippen LogP contribution in [0.5, 0.6) is 0 Å². The number of halogens is 3. The van der Waals surface area contributed by atoms with Crippen LogP contribution in [0.15, 0.2) is 71.8 Å². The number of hydrogen-bond donors (Lipinski definition) is 1. The smallest absolute Gasteiger partial charge is 0.278 e. The van der Waals surface area contributed by atoms with E-state index in [1.807, 2.05) is 42.5 Å². The maximum absolute atomic E-state index is 12.9. The van der Waals surface area contributed by atoms with Crippen LogP contribution in [-0.2, 0) is 6.18 Å². The van der Waals surface area contributed by atoms with Crippen LogP contribution in [-0.4, -0.2) is 6.21 Å². The molecule has 0 atom stereocenters. The molecule has 0 unspecified atom stereocenters. The van der Waals surface area contributed by atoms with Crippen LogP contribution in [0.3, 0.4) is 0 Å². The SMILES string of the molecule is FC(F)(F)c1ccccc1NN=Cc1cccc2ccccc12. The Kier molecular flexibility index (Phi) is 4.02. The van der Waals surface area contributed by atoms with Gasteiger partial charge < -0.3 is 0 Å². The van der Waals surface area contributed by atoms with Crippen molar-refractivity contribution in [1.82, 2.24) is 0 Å². The van der Waals surface area contributed by atoms with Crippen LogP contribution in [0.25, 0.3) is 10.8 Å². The molecule has 0 aliphatic carbocycles. The van der Waals surface area contributed by atoms with Crippen molar-refractivity contribution in [3.05, 3.63) is 77.9 Å². The fourth-order valence-electron chi connectivity index (χ4n) is 2.36. The summed E-state index contributed by atoms with van der Waals surface area (Å²) in [6, 6.07) is 18.7. The molecule has 0 heterocycles. The Morgan fingerprint density at radius 1 is 0.826 bits per heavy atom. The van der Waals surface area contributed by atoms with E-state index in [1.54, 1.807) is 0 Å². The second-order valence-electron chi connectivity index (χ2n) is 4.98. The van der Waals surface area contributed by atoms with Gasteiger partial charge in [0.1, 0.15) is 0 Å². The number of nitrogens with zero attached hydrogens (tertiary/aromatic N) is 1. The minimum Gasteiger partial charge on any atom is -0.278 e. The van der Waals surface area contributed by atoms with Crippen molar-refractivity contribution in [2.24, 2.45) is 5.10 Å². The zero-order valence-corrected chi connectivity index (χ0v) is 12.0. The molecule has 0 saturated heterocycles. The second-order valence-corrected chi connectivity index (χ2v) is 4.98. The van der Waals surface area contributed by atoms with Crippen molar-refractivity contribution in [1.29, 1.82) is 0 Å². The molecule has 0 aliphatic heterocycles. The Morgan fingerprint density at radius 3 is 2.35 bits per heavy atom. The minimum atomic E-state index is -4.42. The third-order valence-electron chi connectivity index (χ3n) is 3.44. The van der Waals surface area contributed by atoms with Gasteiger partial charge in [0, 0.05) is 5.56 Å². The van der Waals surface area contributed by atoms with Gasteiger partial charge in [0.05, 0.1) is 17.5 Å². The molecule has 0 amide bonds. The van der Waals surface area contributed by atoms with Gasteiger partial charge in [-0.25, -0.2) is 0 Å². The Morgan fingerprint density at radius 2 is 1.52 bits per heavy atom. The average molecular weight is 314 g/mol. The van der Waals surface area contributed by atoms with Crippen LogP contribution in [0.4, 0.5) is 18.9 Å². The minimum absolute atomic E-state index is 0.0727. The van der Waals surface area contributed by atoms with Gasteiger partial charge in [-0.05, 0) is 22.9 Å². The van der Waals surface area contributed by atoms with E-state index in [2.05, 4.69) is 10.5 Å². The molecule has 0 aliphatic rings. The third-order valence-corrected chi connectivity index (χ3v) is 3.44. The van der Waals surface area contributed by atoms with Gasteiger partial charge in [-0.2, -0.15) is 18.3 Å². The van der Waals surface area contributed by atoms with Crippen molar-refractivity contribution in [2.45, 2.75) is 6.18 Å². The summed E-state index contributed by atoms with van der Waals surface area (Å²) in [7, 11) is 0. The van der Waals surface area contributed by atoms with E-state index in [0.717, 1.165) is 22.4 Å². The highest BCUT2D eigenvalue weighted by molar-refractivity contribution is 5.99. The number of hydrogen-bond acceptors (Lipinski definition) is 2. The van der Waals surface area contributed by atoms with Crippen LogP contribution < -0.4 is 5.43 Å². The maximum Gasteiger partial charge on any atom is 0.418 e. The molecular weight excluding hydrogens is 301 g/mol. The normalized spacial score (nSPS) is 12.0. The first-order chi connectivity index (χ1) is 11.1. The number of rotatable bonds is 3. The molecular formula is C18H13F3N2. The zero-order chi connectivity index (χ0) is 16.3. The highest BCUT2D eigenvalue weighted by Gasteiger charge is 2.33. The first kappa shape index (κ1) is 15.1. The highest BCUT2D eigenvalue weighted by Crippen LogP contribution is 2.34. The highest BCUT2D eigenvalue weighted by atomic mass is 19.4. The maximum atomic E-state index is 12.9. The molecule has 3 aromatic rings. The van der Waals surface area contributed by atoms with Crippen LogP contribution in [0.1, 0.15) is 11.1 Å². The summed E-state index contributed by atoms with van der Waals surface area (Å²) in [5.74, 6) is 0. The van der Waals surface area contributed by atoms with Crippen LogP contribution in [0, 0.1) is 0 Å². The summed E-state index contributed by atoms with van der Waals surface area (Å²) in [5, 5.41) is 6.00. The standard InChI is InChI=1S/C18H13F3N2/c19-18(20,21)16-10-3-4-11-17(16)23-22-12-14-8-5-7-13-6-1-2-9-15(13)14/h1-12,23H. The molecule has 0 saturated carbocycles. The Labute approximate surface area is 131 Å². The summed E-state index contributed by atoms with van der Waals surface area (Å²) in [6.45, 7) is 0. The predicted molar refractivity (Wildman–Crippen MR) is 86.6 cm³/mol. The molecule has 0 bridgehead atoms. The molecule has 0 fully saturated rings. The lowest BCUT2D eigenvalue weighted by molar-refractivity contribution is -0.136. The van der Waals surface area contributed by atoms with Crippen molar-refractivity contribution in [3.8, 4) is 0 Å². The molecule has 1 N–H and O–H groups in total. The summed E-state index contributed by atoms with van der Waals surface area (Å²) < 4.78 is 38.7. The number of fused-ring (bicyclic) bond motifs is 1. The largest absolute Gasteiger partial charge is 0.418 e. The predicted octanol–water partition coefficient (Wildman–Crippen LogP) is 5.30. The summed E-state index contributed by atoms with van der Waals surface area (Å²) in [4.78, 5) is 0. The van der Waals surface area contributed by atoms with E-state index < -0.39 is 11.7 Å². The second kappa shape index (κ2) is 6.12. The van der Waals surface area contributed by atoms with Gasteiger partial charge in [0.2, 0.25) is 0 Å². The van der Waals surface area contributed by atoms with Crippen LogP contribution in [0.2, 0.25) is 0 Å². The number of alkyl halides is 3. The van der Waals surface area contributed by atoms with E-state index >= 15 is 0 Å². The molecule has 0 aromatic heterocycles. The molecule has 0 radical (unpaired) electrons. The molecule has 3 rings (SSSR count). The van der Waals surface area contributed by atoms with Gasteiger partial charge in [-0.15, -0.1) is 0 Å². The van der Waals surface area contributed by atoms with E-state index in [1.165, 1.54) is 24.4 Å². The lowest BCUT2D eigenvalue weighted by Gasteiger charge is -2.11. The fourth-order valence-corrected chi connectivity index (χ4v) is 2.36. The van der Waals surface area contributed by atoms with Crippen LogP contribution >= 0.6 is 0 Å². The monoisotopic (exact) mass is 314 g/mol. The first-order valence-corrected chi connectivity index (χ1v) is 6.99. The topological polar surface area (TPSA) is 24.4 Å². The molecule has 0 spiro atoms. The number of hydrazone groups is 1. The van der Waals surface area contributed by atoms with Crippen molar-refractivity contribution >= 4 is 22.7 Å². The van der Waals surface area contributed by atoms with Crippen molar-refractivity contribution < 1.29 is 13.2 Å². The summed E-state index contributed by atoms with van der Waals surface area (Å²) in [5.41, 5.74) is 2.50.